The number of fused-ring (bicyclic) bond motifs is 1. The summed E-state index contributed by atoms with van der Waals surface area (Å²) in [5, 5.41) is 5.44. The fraction of sp³-hybridized carbons (Fsp3) is 0.389. The van der Waals surface area contributed by atoms with Gasteiger partial charge in [-0.25, -0.2) is 0 Å². The molecule has 1 fully saturated rings. The van der Waals surface area contributed by atoms with Gasteiger partial charge in [-0.15, -0.1) is 0 Å². The third-order valence-corrected chi connectivity index (χ3v) is 4.05. The van der Waals surface area contributed by atoms with Gasteiger partial charge in [0.25, 0.3) is 0 Å². The summed E-state index contributed by atoms with van der Waals surface area (Å²) < 4.78 is 0. The molecule has 110 valence electrons. The van der Waals surface area contributed by atoms with Crippen molar-refractivity contribution in [1.29, 1.82) is 0 Å². The number of benzene rings is 2. The van der Waals surface area contributed by atoms with Gasteiger partial charge in [0.15, 0.2) is 0 Å². The van der Waals surface area contributed by atoms with Crippen molar-refractivity contribution in [2.45, 2.75) is 31.7 Å². The second-order valence-corrected chi connectivity index (χ2v) is 6.76. The zero-order chi connectivity index (χ0) is 15.0. The summed E-state index contributed by atoms with van der Waals surface area (Å²) in [6.45, 7) is 4.36. The molecule has 1 aliphatic carbocycles. The summed E-state index contributed by atoms with van der Waals surface area (Å²) in [4.78, 5) is 12.1. The molecular formula is C18H22N2O. The molecule has 2 atom stereocenters. The Labute approximate surface area is 125 Å². The van der Waals surface area contributed by atoms with E-state index < -0.39 is 0 Å². The molecule has 21 heavy (non-hydrogen) atoms. The van der Waals surface area contributed by atoms with Crippen LogP contribution < -0.4 is 11.1 Å². The fourth-order valence-electron chi connectivity index (χ4n) is 2.74. The second-order valence-electron chi connectivity index (χ2n) is 6.76. The Balaban J connectivity index is 1.67. The van der Waals surface area contributed by atoms with Gasteiger partial charge >= 0.3 is 0 Å². The van der Waals surface area contributed by atoms with Gasteiger partial charge in [-0.05, 0) is 42.5 Å². The van der Waals surface area contributed by atoms with Crippen LogP contribution >= 0.6 is 0 Å². The Morgan fingerprint density at radius 1 is 1.24 bits per heavy atom. The molecule has 0 spiro atoms. The lowest BCUT2D eigenvalue weighted by Gasteiger charge is -2.18. The van der Waals surface area contributed by atoms with Crippen molar-refractivity contribution in [2.24, 2.45) is 11.7 Å². The Morgan fingerprint density at radius 2 is 1.95 bits per heavy atom. The van der Waals surface area contributed by atoms with Crippen LogP contribution in [0.2, 0.25) is 0 Å². The van der Waals surface area contributed by atoms with Crippen molar-refractivity contribution >= 4 is 16.7 Å². The number of amides is 1. The topological polar surface area (TPSA) is 55.1 Å². The van der Waals surface area contributed by atoms with E-state index in [0.29, 0.717) is 12.5 Å². The normalized spacial score (nSPS) is 21.3. The summed E-state index contributed by atoms with van der Waals surface area (Å²) in [7, 11) is 0. The highest BCUT2D eigenvalue weighted by Gasteiger charge is 2.44. The number of hydrogen-bond acceptors (Lipinski definition) is 2. The summed E-state index contributed by atoms with van der Waals surface area (Å²) in [5.41, 5.74) is 6.80. The first kappa shape index (κ1) is 14.1. The smallest absolute Gasteiger partial charge is 0.223 e. The number of rotatable bonds is 4. The molecule has 3 rings (SSSR count). The lowest BCUT2D eigenvalue weighted by Crippen LogP contribution is -2.45. The van der Waals surface area contributed by atoms with Gasteiger partial charge in [0.2, 0.25) is 5.91 Å². The molecular weight excluding hydrogens is 260 g/mol. The van der Waals surface area contributed by atoms with Gasteiger partial charge < -0.3 is 11.1 Å². The predicted molar refractivity (Wildman–Crippen MR) is 86.1 cm³/mol. The molecule has 1 amide bonds. The molecule has 0 saturated heterocycles. The number of hydrogen-bond donors (Lipinski definition) is 2. The van der Waals surface area contributed by atoms with Crippen molar-refractivity contribution in [3.8, 4) is 0 Å². The first-order valence-electron chi connectivity index (χ1n) is 7.49. The number of carbonyl (C=O) groups is 1. The van der Waals surface area contributed by atoms with Crippen LogP contribution in [-0.4, -0.2) is 18.0 Å². The molecule has 2 unspecified atom stereocenters. The van der Waals surface area contributed by atoms with E-state index in [4.69, 9.17) is 5.73 Å². The van der Waals surface area contributed by atoms with Crippen molar-refractivity contribution in [1.82, 2.24) is 5.32 Å². The second kappa shape index (κ2) is 5.15. The highest BCUT2D eigenvalue weighted by Crippen LogP contribution is 2.48. The van der Waals surface area contributed by atoms with E-state index in [1.54, 1.807) is 0 Å². The van der Waals surface area contributed by atoms with Crippen LogP contribution in [-0.2, 0) is 4.79 Å². The van der Waals surface area contributed by atoms with Crippen molar-refractivity contribution < 1.29 is 4.79 Å². The van der Waals surface area contributed by atoms with Gasteiger partial charge in [-0.2, -0.15) is 0 Å². The molecule has 0 bridgehead atoms. The van der Waals surface area contributed by atoms with Crippen LogP contribution in [0.25, 0.3) is 10.8 Å². The van der Waals surface area contributed by atoms with E-state index in [2.05, 4.69) is 35.6 Å². The van der Waals surface area contributed by atoms with E-state index in [9.17, 15) is 4.79 Å². The highest BCUT2D eigenvalue weighted by atomic mass is 16.2. The largest absolute Gasteiger partial charge is 0.354 e. The predicted octanol–water partition coefficient (Wildman–Crippen LogP) is 2.80. The highest BCUT2D eigenvalue weighted by molar-refractivity contribution is 5.85. The zero-order valence-corrected chi connectivity index (χ0v) is 12.6. The summed E-state index contributed by atoms with van der Waals surface area (Å²) in [6, 6.07) is 14.8. The first-order valence-corrected chi connectivity index (χ1v) is 7.49. The summed E-state index contributed by atoms with van der Waals surface area (Å²) >= 11 is 0. The van der Waals surface area contributed by atoms with Crippen LogP contribution in [0, 0.1) is 5.92 Å². The monoisotopic (exact) mass is 282 g/mol. The maximum Gasteiger partial charge on any atom is 0.223 e. The minimum atomic E-state index is -0.358. The van der Waals surface area contributed by atoms with Gasteiger partial charge in [-0.1, -0.05) is 42.5 Å². The lowest BCUT2D eigenvalue weighted by molar-refractivity contribution is -0.122. The van der Waals surface area contributed by atoms with E-state index in [1.807, 2.05) is 26.0 Å². The number of nitrogens with two attached hydrogens (primary N) is 1. The molecule has 1 saturated carbocycles. The van der Waals surface area contributed by atoms with Crippen molar-refractivity contribution in [2.75, 3.05) is 6.54 Å². The van der Waals surface area contributed by atoms with E-state index in [1.165, 1.54) is 16.3 Å². The maximum atomic E-state index is 12.1. The SMILES string of the molecule is CC(C)(N)CNC(=O)C1CC1c1ccc2ccccc2c1. The summed E-state index contributed by atoms with van der Waals surface area (Å²) in [5.74, 6) is 0.593. The average molecular weight is 282 g/mol. The third kappa shape index (κ3) is 3.24. The first-order chi connectivity index (χ1) is 9.94. The molecule has 1 aliphatic rings. The summed E-state index contributed by atoms with van der Waals surface area (Å²) in [6.07, 6.45) is 0.940. The van der Waals surface area contributed by atoms with E-state index >= 15 is 0 Å². The molecule has 3 N–H and O–H groups in total. The number of carbonyl (C=O) groups excluding carboxylic acids is 1. The molecule has 3 nitrogen and oxygen atoms in total. The molecule has 2 aromatic rings. The fourth-order valence-corrected chi connectivity index (χ4v) is 2.74. The van der Waals surface area contributed by atoms with Crippen LogP contribution in [0.15, 0.2) is 42.5 Å². The minimum absolute atomic E-state index is 0.105. The van der Waals surface area contributed by atoms with Gasteiger partial charge in [0.1, 0.15) is 0 Å². The number of nitrogens with one attached hydrogen (secondary N) is 1. The van der Waals surface area contributed by atoms with Crippen molar-refractivity contribution in [3.63, 3.8) is 0 Å². The van der Waals surface area contributed by atoms with E-state index in [-0.39, 0.29) is 17.4 Å². The quantitative estimate of drug-likeness (QED) is 0.906. The van der Waals surface area contributed by atoms with Crippen LogP contribution in [0.4, 0.5) is 0 Å². The Kier molecular flexibility index (Phi) is 3.46. The molecule has 0 aromatic heterocycles. The third-order valence-electron chi connectivity index (χ3n) is 4.05. The Hall–Kier alpha value is -1.87. The van der Waals surface area contributed by atoms with E-state index in [0.717, 1.165) is 6.42 Å². The molecule has 3 heteroatoms. The molecule has 0 radical (unpaired) electrons. The molecule has 0 heterocycles. The maximum absolute atomic E-state index is 12.1. The standard InChI is InChI=1S/C18H22N2O/c1-18(2,19)11-20-17(21)16-10-15(16)14-8-7-12-5-3-4-6-13(12)9-14/h3-9,15-16H,10-11,19H2,1-2H3,(H,20,21). The van der Waals surface area contributed by atoms with Gasteiger partial charge in [0.05, 0.1) is 0 Å². The van der Waals surface area contributed by atoms with Gasteiger partial charge in [0, 0.05) is 18.0 Å². The Bertz CT molecular complexity index is 672. The van der Waals surface area contributed by atoms with Crippen LogP contribution in [0.1, 0.15) is 31.7 Å². The molecule has 0 aliphatic heterocycles. The zero-order valence-electron chi connectivity index (χ0n) is 12.6. The lowest BCUT2D eigenvalue weighted by atomic mass is 10.0. The average Bonchev–Trinajstić information content (AvgIpc) is 3.24. The van der Waals surface area contributed by atoms with Crippen LogP contribution in [0.3, 0.4) is 0 Å². The van der Waals surface area contributed by atoms with Crippen LogP contribution in [0.5, 0.6) is 0 Å². The molecule has 2 aromatic carbocycles. The van der Waals surface area contributed by atoms with Crippen molar-refractivity contribution in [3.05, 3.63) is 48.0 Å². The minimum Gasteiger partial charge on any atom is -0.354 e. The Morgan fingerprint density at radius 3 is 2.67 bits per heavy atom. The van der Waals surface area contributed by atoms with Gasteiger partial charge in [-0.3, -0.25) is 4.79 Å².